The van der Waals surface area contributed by atoms with E-state index in [9.17, 15) is 14.9 Å². The highest BCUT2D eigenvalue weighted by atomic mass is 35.5. The Morgan fingerprint density at radius 1 is 1.30 bits per heavy atom. The van der Waals surface area contributed by atoms with Gasteiger partial charge < -0.3 is 14.2 Å². The lowest BCUT2D eigenvalue weighted by molar-refractivity contribution is -0.386. The number of hydrogen-bond donors (Lipinski definition) is 0. The van der Waals surface area contributed by atoms with Crippen molar-refractivity contribution in [3.8, 4) is 11.5 Å². The summed E-state index contributed by atoms with van der Waals surface area (Å²) in [7, 11) is 0. The maximum atomic E-state index is 12.1. The molecule has 138 valence electrons. The number of hydrazone groups is 1. The van der Waals surface area contributed by atoms with Crippen molar-refractivity contribution in [3.05, 3.63) is 62.7 Å². The normalized spacial score (nSPS) is 17.5. The SMILES string of the molecule is CC(=O)N1N=C(c2cccc(Cl)c2)OC1c1cc2c(cc1[N+](=O)[O-])OCO2. The van der Waals surface area contributed by atoms with E-state index in [4.69, 9.17) is 25.8 Å². The van der Waals surface area contributed by atoms with Crippen LogP contribution < -0.4 is 9.47 Å². The van der Waals surface area contributed by atoms with Crippen LogP contribution in [0, 0.1) is 10.1 Å². The Labute approximate surface area is 157 Å². The molecule has 2 aliphatic rings. The van der Waals surface area contributed by atoms with Crippen molar-refractivity contribution in [2.75, 3.05) is 6.79 Å². The second-order valence-corrected chi connectivity index (χ2v) is 6.21. The molecule has 0 bridgehead atoms. The smallest absolute Gasteiger partial charge is 0.282 e. The summed E-state index contributed by atoms with van der Waals surface area (Å²) in [5.74, 6) is 0.279. The maximum absolute atomic E-state index is 12.1. The molecule has 0 aliphatic carbocycles. The summed E-state index contributed by atoms with van der Waals surface area (Å²) in [6.45, 7) is 1.25. The Balaban J connectivity index is 1.78. The van der Waals surface area contributed by atoms with E-state index in [0.29, 0.717) is 16.3 Å². The fourth-order valence-corrected chi connectivity index (χ4v) is 3.00. The predicted octanol–water partition coefficient (Wildman–Crippen LogP) is 3.22. The Morgan fingerprint density at radius 3 is 2.70 bits per heavy atom. The van der Waals surface area contributed by atoms with E-state index in [2.05, 4.69) is 5.10 Å². The number of nitro benzene ring substituents is 1. The van der Waals surface area contributed by atoms with Gasteiger partial charge in [0.25, 0.3) is 5.69 Å². The maximum Gasteiger partial charge on any atom is 0.282 e. The number of benzene rings is 2. The zero-order chi connectivity index (χ0) is 19.1. The highest BCUT2D eigenvalue weighted by Gasteiger charge is 2.39. The lowest BCUT2D eigenvalue weighted by atomic mass is 10.1. The molecular formula is C17H12ClN3O6. The van der Waals surface area contributed by atoms with Gasteiger partial charge in [0.2, 0.25) is 24.8 Å². The van der Waals surface area contributed by atoms with Crippen LogP contribution in [-0.2, 0) is 9.53 Å². The van der Waals surface area contributed by atoms with Crippen molar-refractivity contribution in [1.29, 1.82) is 0 Å². The minimum atomic E-state index is -1.12. The Bertz CT molecular complexity index is 993. The van der Waals surface area contributed by atoms with Crippen molar-refractivity contribution in [2.24, 2.45) is 5.10 Å². The van der Waals surface area contributed by atoms with Crippen LogP contribution in [0.2, 0.25) is 5.02 Å². The molecule has 2 aliphatic heterocycles. The second kappa shape index (κ2) is 6.44. The van der Waals surface area contributed by atoms with Crippen LogP contribution in [-0.4, -0.2) is 28.5 Å². The van der Waals surface area contributed by atoms with E-state index in [0.717, 1.165) is 5.01 Å². The Kier molecular flexibility index (Phi) is 4.08. The Morgan fingerprint density at radius 2 is 2.04 bits per heavy atom. The quantitative estimate of drug-likeness (QED) is 0.589. The molecule has 0 N–H and O–H groups in total. The van der Waals surface area contributed by atoms with E-state index in [1.807, 2.05) is 0 Å². The number of fused-ring (bicyclic) bond motifs is 1. The summed E-state index contributed by atoms with van der Waals surface area (Å²) < 4.78 is 16.3. The van der Waals surface area contributed by atoms with Gasteiger partial charge >= 0.3 is 0 Å². The molecule has 9 nitrogen and oxygen atoms in total. The molecule has 4 rings (SSSR count). The van der Waals surface area contributed by atoms with Crippen LogP contribution in [0.4, 0.5) is 5.69 Å². The van der Waals surface area contributed by atoms with E-state index in [1.54, 1.807) is 24.3 Å². The summed E-state index contributed by atoms with van der Waals surface area (Å²) in [5, 5.41) is 17.2. The number of nitrogens with zero attached hydrogens (tertiary/aromatic N) is 3. The first-order valence-corrected chi connectivity index (χ1v) is 8.21. The molecule has 2 aromatic rings. The fourth-order valence-electron chi connectivity index (χ4n) is 2.81. The highest BCUT2D eigenvalue weighted by molar-refractivity contribution is 6.31. The molecule has 2 aromatic carbocycles. The number of rotatable bonds is 3. The first-order chi connectivity index (χ1) is 12.9. The average Bonchev–Trinajstić information content (AvgIpc) is 3.27. The number of halogens is 1. The van der Waals surface area contributed by atoms with Crippen LogP contribution in [0.5, 0.6) is 11.5 Å². The van der Waals surface area contributed by atoms with Crippen LogP contribution >= 0.6 is 11.6 Å². The van der Waals surface area contributed by atoms with Crippen LogP contribution in [0.3, 0.4) is 0 Å². The van der Waals surface area contributed by atoms with Crippen molar-refractivity contribution in [1.82, 2.24) is 5.01 Å². The van der Waals surface area contributed by atoms with E-state index < -0.39 is 17.1 Å². The minimum Gasteiger partial charge on any atom is -0.454 e. The standard InChI is InChI=1S/C17H12ClN3O6/c1-9(22)20-17(27-16(19-20)10-3-2-4-11(18)5-10)12-6-14-15(26-8-25-14)7-13(12)21(23)24/h2-7,17H,8H2,1H3. The zero-order valence-electron chi connectivity index (χ0n) is 13.9. The van der Waals surface area contributed by atoms with Gasteiger partial charge in [-0.2, -0.15) is 5.01 Å². The molecular weight excluding hydrogens is 378 g/mol. The molecule has 27 heavy (non-hydrogen) atoms. The molecule has 1 unspecified atom stereocenters. The van der Waals surface area contributed by atoms with E-state index in [-0.39, 0.29) is 29.7 Å². The second-order valence-electron chi connectivity index (χ2n) is 5.77. The fraction of sp³-hybridized carbons (Fsp3) is 0.176. The van der Waals surface area contributed by atoms with Crippen molar-refractivity contribution < 1.29 is 23.9 Å². The first kappa shape index (κ1) is 17.1. The molecule has 0 fully saturated rings. The van der Waals surface area contributed by atoms with Gasteiger partial charge in [-0.15, -0.1) is 5.10 Å². The summed E-state index contributed by atoms with van der Waals surface area (Å²) in [5.41, 5.74) is 0.401. The van der Waals surface area contributed by atoms with Gasteiger partial charge in [-0.1, -0.05) is 17.7 Å². The van der Waals surface area contributed by atoms with Crippen molar-refractivity contribution in [2.45, 2.75) is 13.2 Å². The molecule has 0 radical (unpaired) electrons. The summed E-state index contributed by atoms with van der Waals surface area (Å²) >= 11 is 6.00. The molecule has 0 saturated heterocycles. The van der Waals surface area contributed by atoms with Crippen LogP contribution in [0.1, 0.15) is 24.3 Å². The van der Waals surface area contributed by atoms with Crippen molar-refractivity contribution in [3.63, 3.8) is 0 Å². The topological polar surface area (TPSA) is 104 Å². The number of nitro groups is 1. The molecule has 0 aromatic heterocycles. The summed E-state index contributed by atoms with van der Waals surface area (Å²) in [4.78, 5) is 23.0. The molecule has 2 heterocycles. The van der Waals surface area contributed by atoms with Gasteiger partial charge in [0.1, 0.15) is 0 Å². The van der Waals surface area contributed by atoms with Gasteiger partial charge in [0.05, 0.1) is 16.6 Å². The molecule has 0 saturated carbocycles. The first-order valence-electron chi connectivity index (χ1n) is 7.83. The van der Waals surface area contributed by atoms with Gasteiger partial charge in [-0.25, -0.2) is 0 Å². The van der Waals surface area contributed by atoms with Gasteiger partial charge in [0, 0.05) is 23.6 Å². The minimum absolute atomic E-state index is 0.0395. The van der Waals surface area contributed by atoms with Crippen molar-refractivity contribution >= 4 is 29.1 Å². The van der Waals surface area contributed by atoms with Crippen LogP contribution in [0.15, 0.2) is 41.5 Å². The number of carbonyl (C=O) groups excluding carboxylic acids is 1. The van der Waals surface area contributed by atoms with Crippen LogP contribution in [0.25, 0.3) is 0 Å². The molecule has 1 amide bonds. The van der Waals surface area contributed by atoms with Gasteiger partial charge in [0.15, 0.2) is 11.5 Å². The molecule has 0 spiro atoms. The molecule has 1 atom stereocenters. The lowest BCUT2D eigenvalue weighted by Gasteiger charge is -2.19. The number of ether oxygens (including phenoxy) is 3. The number of carbonyl (C=O) groups is 1. The highest BCUT2D eigenvalue weighted by Crippen LogP contribution is 2.43. The lowest BCUT2D eigenvalue weighted by Crippen LogP contribution is -2.25. The third-order valence-electron chi connectivity index (χ3n) is 4.02. The third-order valence-corrected chi connectivity index (χ3v) is 4.26. The van der Waals surface area contributed by atoms with E-state index in [1.165, 1.54) is 19.1 Å². The average molecular weight is 390 g/mol. The summed E-state index contributed by atoms with van der Waals surface area (Å²) in [6.07, 6.45) is -1.12. The predicted molar refractivity (Wildman–Crippen MR) is 93.6 cm³/mol. The Hall–Kier alpha value is -3.33. The monoisotopic (exact) mass is 389 g/mol. The number of amides is 1. The largest absolute Gasteiger partial charge is 0.454 e. The molecule has 10 heteroatoms. The van der Waals surface area contributed by atoms with E-state index >= 15 is 0 Å². The van der Waals surface area contributed by atoms with Gasteiger partial charge in [-0.3, -0.25) is 14.9 Å². The third kappa shape index (κ3) is 3.02. The number of hydrogen-bond acceptors (Lipinski definition) is 7. The zero-order valence-corrected chi connectivity index (χ0v) is 14.7. The summed E-state index contributed by atoms with van der Waals surface area (Å²) in [6, 6.07) is 9.39. The van der Waals surface area contributed by atoms with Gasteiger partial charge in [-0.05, 0) is 18.2 Å².